The van der Waals surface area contributed by atoms with Crippen LogP contribution in [-0.4, -0.2) is 13.0 Å². The van der Waals surface area contributed by atoms with Gasteiger partial charge in [-0.05, 0) is 18.4 Å². The van der Waals surface area contributed by atoms with Crippen LogP contribution in [-0.2, 0) is 11.2 Å². The summed E-state index contributed by atoms with van der Waals surface area (Å²) in [5, 5.41) is 2.56. The Kier molecular flexibility index (Phi) is 6.48. The van der Waals surface area contributed by atoms with Crippen molar-refractivity contribution in [3.63, 3.8) is 0 Å². The molecule has 0 radical (unpaired) electrons. The van der Waals surface area contributed by atoms with Crippen molar-refractivity contribution >= 4 is 6.41 Å². The van der Waals surface area contributed by atoms with Gasteiger partial charge in [-0.1, -0.05) is 54.6 Å². The second kappa shape index (κ2) is 8.48. The van der Waals surface area contributed by atoms with Gasteiger partial charge in [-0.2, -0.15) is 0 Å². The number of allylic oxidation sites excluding steroid dienone is 3. The van der Waals surface area contributed by atoms with E-state index >= 15 is 0 Å². The number of hydrogen-bond acceptors (Lipinski definition) is 1. The lowest BCUT2D eigenvalue weighted by molar-refractivity contribution is -0.109. The maximum atomic E-state index is 9.93. The van der Waals surface area contributed by atoms with E-state index < -0.39 is 0 Å². The Morgan fingerprint density at radius 1 is 1.12 bits per heavy atom. The molecule has 0 aliphatic rings. The number of aryl methyl sites for hydroxylation is 1. The highest BCUT2D eigenvalue weighted by atomic mass is 16.1. The minimum absolute atomic E-state index is 0. The summed E-state index contributed by atoms with van der Waals surface area (Å²) in [7, 11) is 0. The molecule has 0 aliphatic carbocycles. The van der Waals surface area contributed by atoms with Gasteiger partial charge in [0.25, 0.3) is 0 Å². The van der Waals surface area contributed by atoms with Crippen molar-refractivity contribution in [1.82, 2.24) is 5.32 Å². The van der Waals surface area contributed by atoms with Gasteiger partial charge in [0.2, 0.25) is 6.41 Å². The molecular formula is C14H19NO. The molecule has 0 saturated heterocycles. The zero-order chi connectivity index (χ0) is 11.5. The van der Waals surface area contributed by atoms with Gasteiger partial charge in [-0.3, -0.25) is 4.79 Å². The SMILES string of the molecule is O=CNC/C=C/C=C/CCc1ccccc1.[HH]. The zero-order valence-electron chi connectivity index (χ0n) is 9.30. The Bertz CT molecular complexity index is 346. The van der Waals surface area contributed by atoms with Crippen molar-refractivity contribution < 1.29 is 6.22 Å². The minimum Gasteiger partial charge on any atom is -0.355 e. The van der Waals surface area contributed by atoms with Crippen molar-refractivity contribution in [2.45, 2.75) is 12.8 Å². The molecular weight excluding hydrogens is 198 g/mol. The Hall–Kier alpha value is -1.83. The van der Waals surface area contributed by atoms with Crippen LogP contribution in [0.3, 0.4) is 0 Å². The van der Waals surface area contributed by atoms with E-state index in [0.29, 0.717) is 13.0 Å². The molecule has 0 heterocycles. The topological polar surface area (TPSA) is 29.1 Å². The largest absolute Gasteiger partial charge is 0.355 e. The normalized spacial score (nSPS) is 11.0. The predicted molar refractivity (Wildman–Crippen MR) is 69.2 cm³/mol. The Labute approximate surface area is 98.2 Å². The number of carbonyl (C=O) groups is 1. The molecule has 2 nitrogen and oxygen atoms in total. The first-order chi connectivity index (χ1) is 7.93. The van der Waals surface area contributed by atoms with Gasteiger partial charge in [0, 0.05) is 7.97 Å². The maximum absolute atomic E-state index is 9.93. The molecule has 1 N–H and O–H groups in total. The second-order valence-corrected chi connectivity index (χ2v) is 3.41. The fraction of sp³-hybridized carbons (Fsp3) is 0.214. The highest BCUT2D eigenvalue weighted by Crippen LogP contribution is 2.02. The summed E-state index contributed by atoms with van der Waals surface area (Å²) in [5.74, 6) is 0. The van der Waals surface area contributed by atoms with Gasteiger partial charge >= 0.3 is 0 Å². The van der Waals surface area contributed by atoms with Crippen molar-refractivity contribution in [1.29, 1.82) is 0 Å². The number of benzene rings is 1. The number of amides is 1. The first kappa shape index (κ1) is 12.2. The van der Waals surface area contributed by atoms with E-state index in [4.69, 9.17) is 0 Å². The summed E-state index contributed by atoms with van der Waals surface area (Å²) in [4.78, 5) is 9.93. The third-order valence-electron chi connectivity index (χ3n) is 2.14. The van der Waals surface area contributed by atoms with E-state index in [-0.39, 0.29) is 1.43 Å². The lowest BCUT2D eigenvalue weighted by Crippen LogP contribution is -2.08. The Morgan fingerprint density at radius 2 is 1.88 bits per heavy atom. The molecule has 1 rings (SSSR count). The van der Waals surface area contributed by atoms with E-state index in [9.17, 15) is 4.79 Å². The van der Waals surface area contributed by atoms with Crippen molar-refractivity contribution in [3.05, 3.63) is 60.2 Å². The minimum atomic E-state index is 0. The molecule has 0 aromatic heterocycles. The molecule has 2 heteroatoms. The molecule has 0 atom stereocenters. The summed E-state index contributed by atoms with van der Waals surface area (Å²) in [6.07, 6.45) is 10.8. The monoisotopic (exact) mass is 217 g/mol. The van der Waals surface area contributed by atoms with E-state index in [1.807, 2.05) is 24.3 Å². The average molecular weight is 217 g/mol. The first-order valence-corrected chi connectivity index (χ1v) is 5.46. The fourth-order valence-corrected chi connectivity index (χ4v) is 1.33. The van der Waals surface area contributed by atoms with Crippen molar-refractivity contribution in [2.24, 2.45) is 0 Å². The number of hydrogen-bond donors (Lipinski definition) is 1. The van der Waals surface area contributed by atoms with Gasteiger partial charge in [0.15, 0.2) is 0 Å². The van der Waals surface area contributed by atoms with E-state index in [0.717, 1.165) is 12.8 Å². The summed E-state index contributed by atoms with van der Waals surface area (Å²) in [6.45, 7) is 0.590. The van der Waals surface area contributed by atoms with E-state index in [1.54, 1.807) is 0 Å². The zero-order valence-corrected chi connectivity index (χ0v) is 9.30. The second-order valence-electron chi connectivity index (χ2n) is 3.41. The summed E-state index contributed by atoms with van der Waals surface area (Å²) in [6, 6.07) is 10.4. The summed E-state index contributed by atoms with van der Waals surface area (Å²) < 4.78 is 0. The number of carbonyl (C=O) groups excluding carboxylic acids is 1. The van der Waals surface area contributed by atoms with E-state index in [2.05, 4.69) is 35.7 Å². The van der Waals surface area contributed by atoms with Gasteiger partial charge in [-0.25, -0.2) is 0 Å². The molecule has 0 unspecified atom stereocenters. The van der Waals surface area contributed by atoms with Crippen molar-refractivity contribution in [3.8, 4) is 0 Å². The Balaban J connectivity index is 0.00000256. The summed E-state index contributed by atoms with van der Waals surface area (Å²) >= 11 is 0. The third-order valence-corrected chi connectivity index (χ3v) is 2.14. The molecule has 1 aromatic rings. The molecule has 0 bridgehead atoms. The molecule has 1 amide bonds. The van der Waals surface area contributed by atoms with Crippen LogP contribution in [0.4, 0.5) is 0 Å². The first-order valence-electron chi connectivity index (χ1n) is 5.46. The molecule has 0 spiro atoms. The maximum Gasteiger partial charge on any atom is 0.207 e. The molecule has 1 aromatic carbocycles. The van der Waals surface area contributed by atoms with Gasteiger partial charge in [0.1, 0.15) is 0 Å². The molecule has 86 valence electrons. The lowest BCUT2D eigenvalue weighted by Gasteiger charge is -1.95. The van der Waals surface area contributed by atoms with Crippen LogP contribution in [0, 0.1) is 0 Å². The van der Waals surface area contributed by atoms with Crippen LogP contribution in [0.2, 0.25) is 0 Å². The highest BCUT2D eigenvalue weighted by Gasteiger charge is 1.86. The lowest BCUT2D eigenvalue weighted by atomic mass is 10.1. The molecule has 0 saturated carbocycles. The van der Waals surface area contributed by atoms with Gasteiger partial charge in [0.05, 0.1) is 0 Å². The van der Waals surface area contributed by atoms with Crippen LogP contribution < -0.4 is 5.32 Å². The third kappa shape index (κ3) is 5.81. The summed E-state index contributed by atoms with van der Waals surface area (Å²) in [5.41, 5.74) is 1.36. The molecule has 0 fully saturated rings. The van der Waals surface area contributed by atoms with Gasteiger partial charge in [-0.15, -0.1) is 0 Å². The molecule has 0 aliphatic heterocycles. The fourth-order valence-electron chi connectivity index (χ4n) is 1.33. The van der Waals surface area contributed by atoms with Crippen molar-refractivity contribution in [2.75, 3.05) is 6.54 Å². The molecule has 16 heavy (non-hydrogen) atoms. The number of nitrogens with one attached hydrogen (secondary N) is 1. The van der Waals surface area contributed by atoms with E-state index in [1.165, 1.54) is 5.56 Å². The highest BCUT2D eigenvalue weighted by molar-refractivity contribution is 5.46. The van der Waals surface area contributed by atoms with Crippen LogP contribution >= 0.6 is 0 Å². The average Bonchev–Trinajstić information content (AvgIpc) is 2.34. The standard InChI is InChI=1S/C14H17NO.H2/c16-13-15-12-8-3-1-2-5-9-14-10-6-4-7-11-14;/h1-4,6-8,10-11,13H,5,9,12H2,(H,15,16);1H/b2-1+,8-3+;. The van der Waals surface area contributed by atoms with Crippen LogP contribution in [0.5, 0.6) is 0 Å². The van der Waals surface area contributed by atoms with Crippen LogP contribution in [0.25, 0.3) is 0 Å². The smallest absolute Gasteiger partial charge is 0.207 e. The number of rotatable bonds is 7. The van der Waals surface area contributed by atoms with Crippen LogP contribution in [0.15, 0.2) is 54.6 Å². The van der Waals surface area contributed by atoms with Gasteiger partial charge < -0.3 is 5.32 Å². The Morgan fingerprint density at radius 3 is 2.62 bits per heavy atom. The van der Waals surface area contributed by atoms with Crippen LogP contribution in [0.1, 0.15) is 13.4 Å². The predicted octanol–water partition coefficient (Wildman–Crippen LogP) is 2.72. The quantitative estimate of drug-likeness (QED) is 0.424.